The Bertz CT molecular complexity index is 1010. The first kappa shape index (κ1) is 20.7. The normalized spacial score (nSPS) is 22.9. The van der Waals surface area contributed by atoms with Gasteiger partial charge in [-0.05, 0) is 31.0 Å². The predicted octanol–water partition coefficient (Wildman–Crippen LogP) is 1.44. The third kappa shape index (κ3) is 3.91. The zero-order valence-electron chi connectivity index (χ0n) is 17.2. The van der Waals surface area contributed by atoms with Crippen molar-refractivity contribution in [3.05, 3.63) is 24.4 Å². The number of carbonyl (C=O) groups is 1. The number of carbonyl (C=O) groups excluding carboxylic acids is 1. The zero-order chi connectivity index (χ0) is 21.5. The zero-order valence-corrected chi connectivity index (χ0v) is 18.0. The van der Waals surface area contributed by atoms with Gasteiger partial charge in [0.2, 0.25) is 11.0 Å². The fourth-order valence-electron chi connectivity index (χ4n) is 4.58. The van der Waals surface area contributed by atoms with Gasteiger partial charge in [-0.25, -0.2) is 8.42 Å². The smallest absolute Gasteiger partial charge is 0.276 e. The highest BCUT2D eigenvalue weighted by atomic mass is 32.2. The van der Waals surface area contributed by atoms with Crippen molar-refractivity contribution in [2.45, 2.75) is 36.6 Å². The lowest BCUT2D eigenvalue weighted by atomic mass is 9.94. The van der Waals surface area contributed by atoms with E-state index in [2.05, 4.69) is 10.2 Å². The van der Waals surface area contributed by atoms with Crippen LogP contribution in [0.25, 0.3) is 11.5 Å². The van der Waals surface area contributed by atoms with Crippen LogP contribution in [0.1, 0.15) is 25.7 Å². The van der Waals surface area contributed by atoms with E-state index < -0.39 is 15.8 Å². The van der Waals surface area contributed by atoms with Gasteiger partial charge in [0.1, 0.15) is 5.69 Å². The number of furan rings is 1. The van der Waals surface area contributed by atoms with E-state index in [9.17, 15) is 13.2 Å². The molecule has 2 aromatic heterocycles. The van der Waals surface area contributed by atoms with Gasteiger partial charge < -0.3 is 18.8 Å². The first-order chi connectivity index (χ1) is 15.0. The van der Waals surface area contributed by atoms with Crippen molar-refractivity contribution in [2.24, 2.45) is 5.92 Å². The number of H-pyrrole nitrogens is 1. The summed E-state index contributed by atoms with van der Waals surface area (Å²) in [4.78, 5) is 14.8. The minimum Gasteiger partial charge on any atom is -0.442 e. The number of piperidine rings is 2. The molecule has 3 aliphatic rings. The molecule has 0 aliphatic carbocycles. The van der Waals surface area contributed by atoms with E-state index in [0.29, 0.717) is 76.5 Å². The maximum absolute atomic E-state index is 13.0. The molecule has 1 amide bonds. The monoisotopic (exact) mass is 450 g/mol. The molecule has 0 atom stereocenters. The molecule has 5 rings (SSSR count). The molecule has 2 aromatic rings. The van der Waals surface area contributed by atoms with E-state index >= 15 is 0 Å². The maximum atomic E-state index is 13.0. The van der Waals surface area contributed by atoms with Gasteiger partial charge in [0.25, 0.3) is 10.0 Å². The molecule has 1 spiro atoms. The third-order valence-corrected chi connectivity index (χ3v) is 8.17. The number of sulfonamides is 1. The summed E-state index contributed by atoms with van der Waals surface area (Å²) >= 11 is 0. The van der Waals surface area contributed by atoms with E-state index in [1.54, 1.807) is 18.3 Å². The fraction of sp³-hybridized carbons (Fsp3) is 0.600. The number of amides is 1. The highest BCUT2D eigenvalue weighted by molar-refractivity contribution is 7.89. The van der Waals surface area contributed by atoms with Crippen molar-refractivity contribution >= 4 is 15.9 Å². The largest absolute Gasteiger partial charge is 0.442 e. The number of hydrogen-bond donors (Lipinski definition) is 1. The van der Waals surface area contributed by atoms with Crippen LogP contribution in [0, 0.1) is 5.92 Å². The molecule has 0 aromatic carbocycles. The Morgan fingerprint density at radius 3 is 2.42 bits per heavy atom. The Hall–Kier alpha value is -2.21. The quantitative estimate of drug-likeness (QED) is 0.749. The highest BCUT2D eigenvalue weighted by Crippen LogP contribution is 2.33. The van der Waals surface area contributed by atoms with Crippen LogP contribution in [0.5, 0.6) is 0 Å². The molecular formula is C20H26N4O6S. The van der Waals surface area contributed by atoms with Crippen LogP contribution in [0.4, 0.5) is 0 Å². The van der Waals surface area contributed by atoms with Gasteiger partial charge in [0.05, 0.1) is 13.2 Å². The van der Waals surface area contributed by atoms with E-state index in [4.69, 9.17) is 13.9 Å². The highest BCUT2D eigenvalue weighted by Gasteiger charge is 2.42. The predicted molar refractivity (Wildman–Crippen MR) is 108 cm³/mol. The summed E-state index contributed by atoms with van der Waals surface area (Å²) < 4.78 is 44.4. The van der Waals surface area contributed by atoms with Gasteiger partial charge in [-0.3, -0.25) is 9.89 Å². The summed E-state index contributed by atoms with van der Waals surface area (Å²) in [5.41, 5.74) is 0.613. The van der Waals surface area contributed by atoms with Crippen LogP contribution < -0.4 is 0 Å². The summed E-state index contributed by atoms with van der Waals surface area (Å²) in [7, 11) is -3.75. The summed E-state index contributed by atoms with van der Waals surface area (Å²) in [6.45, 7) is 3.03. The summed E-state index contributed by atoms with van der Waals surface area (Å²) in [5, 5.41) is 6.50. The van der Waals surface area contributed by atoms with E-state index in [1.165, 1.54) is 10.4 Å². The Labute approximate surface area is 180 Å². The van der Waals surface area contributed by atoms with Gasteiger partial charge in [-0.1, -0.05) is 0 Å². The number of aromatic nitrogens is 2. The second-order valence-corrected chi connectivity index (χ2v) is 10.1. The molecule has 1 N–H and O–H groups in total. The Morgan fingerprint density at radius 1 is 1.06 bits per heavy atom. The molecule has 3 fully saturated rings. The maximum Gasteiger partial charge on any atom is 0.276 e. The van der Waals surface area contributed by atoms with Crippen molar-refractivity contribution in [1.29, 1.82) is 0 Å². The number of hydrogen-bond acceptors (Lipinski definition) is 7. The number of likely N-dealkylation sites (tertiary alicyclic amines) is 1. The second kappa shape index (κ2) is 8.05. The Morgan fingerprint density at radius 2 is 1.77 bits per heavy atom. The molecule has 0 saturated carbocycles. The minimum absolute atomic E-state index is 0.0974. The van der Waals surface area contributed by atoms with Crippen LogP contribution >= 0.6 is 0 Å². The number of nitrogens with one attached hydrogen (secondary N) is 1. The van der Waals surface area contributed by atoms with Crippen LogP contribution in [0.2, 0.25) is 0 Å². The first-order valence-corrected chi connectivity index (χ1v) is 12.1. The van der Waals surface area contributed by atoms with E-state index in [1.807, 2.05) is 4.90 Å². The molecule has 0 bridgehead atoms. The molecule has 0 radical (unpaired) electrons. The molecule has 11 heteroatoms. The second-order valence-electron chi connectivity index (χ2n) is 8.20. The standard InChI is InChI=1S/C20H26N4O6S/c25-19(23-11-6-20(7-12-23)28-13-14-29-20)15-4-9-24(10-5-15)31(26,27)18-2-1-17(30-18)16-3-8-21-22-16/h1-3,8,15H,4-7,9-14H2,(H,21,22). The van der Waals surface area contributed by atoms with Crippen molar-refractivity contribution in [1.82, 2.24) is 19.4 Å². The van der Waals surface area contributed by atoms with Gasteiger partial charge >= 0.3 is 0 Å². The lowest BCUT2D eigenvalue weighted by Crippen LogP contribution is -2.50. The molecule has 31 heavy (non-hydrogen) atoms. The molecule has 3 saturated heterocycles. The SMILES string of the molecule is O=C(C1CCN(S(=O)(=O)c2ccc(-c3ccn[nH]3)o2)CC1)N1CCC2(CC1)OCCO2. The van der Waals surface area contributed by atoms with E-state index in [0.717, 1.165) is 0 Å². The average Bonchev–Trinajstić information content (AvgIpc) is 3.55. The van der Waals surface area contributed by atoms with Gasteiger partial charge in [0.15, 0.2) is 11.5 Å². The molecule has 3 aliphatic heterocycles. The van der Waals surface area contributed by atoms with E-state index in [-0.39, 0.29) is 16.9 Å². The van der Waals surface area contributed by atoms with Crippen LogP contribution in [0.3, 0.4) is 0 Å². The van der Waals surface area contributed by atoms with Crippen molar-refractivity contribution in [3.8, 4) is 11.5 Å². The molecule has 5 heterocycles. The van der Waals surface area contributed by atoms with Gasteiger partial charge in [0, 0.05) is 51.1 Å². The van der Waals surface area contributed by atoms with Gasteiger partial charge in [-0.2, -0.15) is 9.40 Å². The minimum atomic E-state index is -3.75. The molecular weight excluding hydrogens is 424 g/mol. The molecule has 0 unspecified atom stereocenters. The van der Waals surface area contributed by atoms with Gasteiger partial charge in [-0.15, -0.1) is 0 Å². The fourth-order valence-corrected chi connectivity index (χ4v) is 5.96. The van der Waals surface area contributed by atoms with Crippen LogP contribution in [0.15, 0.2) is 33.9 Å². The lowest BCUT2D eigenvalue weighted by molar-refractivity contribution is -0.188. The van der Waals surface area contributed by atoms with Crippen molar-refractivity contribution in [2.75, 3.05) is 39.4 Å². The number of aromatic amines is 1. The average molecular weight is 451 g/mol. The lowest BCUT2D eigenvalue weighted by Gasteiger charge is -2.40. The summed E-state index contributed by atoms with van der Waals surface area (Å²) in [6.07, 6.45) is 3.94. The Kier molecular flexibility index (Phi) is 5.37. The number of nitrogens with zero attached hydrogens (tertiary/aromatic N) is 3. The Balaban J connectivity index is 1.18. The third-order valence-electron chi connectivity index (χ3n) is 6.40. The number of ether oxygens (including phenoxy) is 2. The molecule has 168 valence electrons. The van der Waals surface area contributed by atoms with Crippen molar-refractivity contribution in [3.63, 3.8) is 0 Å². The summed E-state index contributed by atoms with van der Waals surface area (Å²) in [5.74, 6) is -0.154. The summed E-state index contributed by atoms with van der Waals surface area (Å²) in [6, 6.07) is 4.77. The molecule has 10 nitrogen and oxygen atoms in total. The van der Waals surface area contributed by atoms with Crippen LogP contribution in [-0.4, -0.2) is 78.9 Å². The first-order valence-electron chi connectivity index (χ1n) is 10.6. The van der Waals surface area contributed by atoms with Crippen molar-refractivity contribution < 1.29 is 27.1 Å². The topological polar surface area (TPSA) is 118 Å². The van der Waals surface area contributed by atoms with Crippen LogP contribution in [-0.2, 0) is 24.3 Å². The number of rotatable bonds is 4.